The fourth-order valence-corrected chi connectivity index (χ4v) is 5.82. The first-order valence-electron chi connectivity index (χ1n) is 12.1. The molecule has 6 atom stereocenters. The Morgan fingerprint density at radius 2 is 2.09 bits per heavy atom. The molecular formula is C25H38N2O6. The van der Waals surface area contributed by atoms with Crippen molar-refractivity contribution in [1.82, 2.24) is 9.80 Å². The van der Waals surface area contributed by atoms with E-state index in [1.54, 1.807) is 11.0 Å². The first kappa shape index (κ1) is 25.4. The summed E-state index contributed by atoms with van der Waals surface area (Å²) in [6.45, 7) is 13.9. The minimum absolute atomic E-state index is 0.0530. The SMILES string of the molecule is C=CCOC(=O)[C@@H]1[C@H]2C(=O)N([C@@H](CO)C(C)C)C(C(=O)N(CC=C)CCCC)C23CC[C@H]1O3. The minimum atomic E-state index is -1.09. The van der Waals surface area contributed by atoms with E-state index >= 15 is 0 Å². The van der Waals surface area contributed by atoms with Crippen molar-refractivity contribution in [2.24, 2.45) is 17.8 Å². The van der Waals surface area contributed by atoms with E-state index < -0.39 is 41.6 Å². The third-order valence-corrected chi connectivity index (χ3v) is 7.34. The number of fused-ring (bicyclic) bond motifs is 1. The van der Waals surface area contributed by atoms with Gasteiger partial charge in [0, 0.05) is 13.1 Å². The van der Waals surface area contributed by atoms with Crippen LogP contribution in [-0.2, 0) is 23.9 Å². The number of amides is 2. The molecule has 3 rings (SSSR count). The van der Waals surface area contributed by atoms with Crippen molar-refractivity contribution >= 4 is 17.8 Å². The summed E-state index contributed by atoms with van der Waals surface area (Å²) in [6.07, 6.45) is 5.54. The van der Waals surface area contributed by atoms with Crippen LogP contribution in [0.1, 0.15) is 46.5 Å². The summed E-state index contributed by atoms with van der Waals surface area (Å²) < 4.78 is 11.7. The Balaban J connectivity index is 2.06. The van der Waals surface area contributed by atoms with Crippen LogP contribution in [0, 0.1) is 17.8 Å². The number of aliphatic hydroxyl groups is 1. The zero-order chi connectivity index (χ0) is 24.3. The van der Waals surface area contributed by atoms with Crippen molar-refractivity contribution in [2.75, 3.05) is 26.3 Å². The molecule has 0 aliphatic carbocycles. The summed E-state index contributed by atoms with van der Waals surface area (Å²) in [5.41, 5.74) is -1.09. The molecular weight excluding hydrogens is 424 g/mol. The van der Waals surface area contributed by atoms with Crippen molar-refractivity contribution in [3.8, 4) is 0 Å². The third-order valence-electron chi connectivity index (χ3n) is 7.34. The smallest absolute Gasteiger partial charge is 0.312 e. The molecule has 3 fully saturated rings. The van der Waals surface area contributed by atoms with E-state index in [-0.39, 0.29) is 30.9 Å². The summed E-state index contributed by atoms with van der Waals surface area (Å²) in [5, 5.41) is 10.2. The van der Waals surface area contributed by atoms with E-state index in [2.05, 4.69) is 20.1 Å². The molecule has 0 aromatic heterocycles. The topological polar surface area (TPSA) is 96.4 Å². The highest BCUT2D eigenvalue weighted by atomic mass is 16.6. The van der Waals surface area contributed by atoms with Crippen LogP contribution in [0.15, 0.2) is 25.3 Å². The molecule has 2 bridgehead atoms. The fourth-order valence-electron chi connectivity index (χ4n) is 5.82. The Bertz CT molecular complexity index is 783. The van der Waals surface area contributed by atoms with Gasteiger partial charge in [-0.2, -0.15) is 0 Å². The molecule has 0 aromatic rings. The number of unbranched alkanes of at least 4 members (excludes halogenated alkanes) is 1. The number of esters is 1. The monoisotopic (exact) mass is 462 g/mol. The maximum Gasteiger partial charge on any atom is 0.312 e. The Morgan fingerprint density at radius 3 is 2.67 bits per heavy atom. The quantitative estimate of drug-likeness (QED) is 0.352. The van der Waals surface area contributed by atoms with Gasteiger partial charge in [-0.1, -0.05) is 45.9 Å². The number of nitrogens with zero attached hydrogens (tertiary/aromatic N) is 2. The maximum atomic E-state index is 14.0. The van der Waals surface area contributed by atoms with Gasteiger partial charge in [0.2, 0.25) is 11.8 Å². The van der Waals surface area contributed by atoms with E-state index in [4.69, 9.17) is 9.47 Å². The fraction of sp³-hybridized carbons (Fsp3) is 0.720. The molecule has 3 aliphatic rings. The zero-order valence-corrected chi connectivity index (χ0v) is 20.1. The van der Waals surface area contributed by atoms with Gasteiger partial charge in [0.1, 0.15) is 18.2 Å². The molecule has 184 valence electrons. The van der Waals surface area contributed by atoms with E-state index in [1.165, 1.54) is 11.0 Å². The standard InChI is InChI=1S/C25H38N2O6/c1-6-9-13-26(12-7-2)23(30)21-25-11-10-18(33-25)19(24(31)32-14-8-3)20(25)22(29)27(21)17(15-28)16(4)5/h7-8,16-21,28H,2-3,6,9-15H2,1,4-5H3/t17-,18+,19-,20-,21?,25?/m0/s1. The van der Waals surface area contributed by atoms with Crippen molar-refractivity contribution in [2.45, 2.75) is 70.2 Å². The van der Waals surface area contributed by atoms with E-state index in [0.717, 1.165) is 12.8 Å². The van der Waals surface area contributed by atoms with Gasteiger partial charge in [-0.15, -0.1) is 6.58 Å². The summed E-state index contributed by atoms with van der Waals surface area (Å²) in [4.78, 5) is 44.1. The zero-order valence-electron chi connectivity index (χ0n) is 20.1. The molecule has 0 radical (unpaired) electrons. The number of carbonyl (C=O) groups is 3. The maximum absolute atomic E-state index is 14.0. The van der Waals surface area contributed by atoms with Crippen molar-refractivity contribution in [3.05, 3.63) is 25.3 Å². The van der Waals surface area contributed by atoms with Crippen LogP contribution in [0.25, 0.3) is 0 Å². The highest BCUT2D eigenvalue weighted by Crippen LogP contribution is 2.59. The summed E-state index contributed by atoms with van der Waals surface area (Å²) in [7, 11) is 0. The molecule has 1 spiro atoms. The normalized spacial score (nSPS) is 30.9. The lowest BCUT2D eigenvalue weighted by Gasteiger charge is -2.40. The second-order valence-electron chi connectivity index (χ2n) is 9.64. The van der Waals surface area contributed by atoms with Crippen molar-refractivity contribution < 1.29 is 29.0 Å². The van der Waals surface area contributed by atoms with E-state index in [1.807, 2.05) is 13.8 Å². The Kier molecular flexibility index (Phi) is 8.00. The van der Waals surface area contributed by atoms with E-state index in [0.29, 0.717) is 25.9 Å². The molecule has 2 unspecified atom stereocenters. The number of ether oxygens (including phenoxy) is 2. The van der Waals surface area contributed by atoms with Crippen LogP contribution in [0.5, 0.6) is 0 Å². The van der Waals surface area contributed by atoms with E-state index in [9.17, 15) is 19.5 Å². The van der Waals surface area contributed by atoms with Crippen LogP contribution < -0.4 is 0 Å². The van der Waals surface area contributed by atoms with Gasteiger partial charge in [-0.3, -0.25) is 14.4 Å². The highest BCUT2D eigenvalue weighted by molar-refractivity contribution is 5.98. The Labute approximate surface area is 196 Å². The average Bonchev–Trinajstić information content (AvgIpc) is 3.43. The summed E-state index contributed by atoms with van der Waals surface area (Å²) in [6, 6.07) is -1.45. The van der Waals surface area contributed by atoms with Gasteiger partial charge in [-0.05, 0) is 25.2 Å². The number of carbonyl (C=O) groups excluding carboxylic acids is 3. The van der Waals surface area contributed by atoms with Crippen LogP contribution in [0.2, 0.25) is 0 Å². The number of rotatable bonds is 12. The Morgan fingerprint density at radius 1 is 1.36 bits per heavy atom. The molecule has 3 heterocycles. The molecule has 1 N–H and O–H groups in total. The molecule has 2 amide bonds. The largest absolute Gasteiger partial charge is 0.461 e. The third kappa shape index (κ3) is 4.23. The van der Waals surface area contributed by atoms with Gasteiger partial charge in [-0.25, -0.2) is 0 Å². The van der Waals surface area contributed by atoms with Gasteiger partial charge in [0.15, 0.2) is 0 Å². The predicted octanol–water partition coefficient (Wildman–Crippen LogP) is 1.92. The summed E-state index contributed by atoms with van der Waals surface area (Å²) >= 11 is 0. The molecule has 8 heteroatoms. The summed E-state index contributed by atoms with van der Waals surface area (Å²) in [5.74, 6) is -2.66. The lowest BCUT2D eigenvalue weighted by atomic mass is 9.70. The van der Waals surface area contributed by atoms with Crippen LogP contribution >= 0.6 is 0 Å². The lowest BCUT2D eigenvalue weighted by Crippen LogP contribution is -2.59. The number of hydrogen-bond acceptors (Lipinski definition) is 6. The lowest BCUT2D eigenvalue weighted by molar-refractivity contribution is -0.156. The second-order valence-corrected chi connectivity index (χ2v) is 9.64. The second kappa shape index (κ2) is 10.4. The minimum Gasteiger partial charge on any atom is -0.461 e. The molecule has 0 saturated carbocycles. The number of aliphatic hydroxyl groups excluding tert-OH is 1. The molecule has 8 nitrogen and oxygen atoms in total. The van der Waals surface area contributed by atoms with Gasteiger partial charge in [0.05, 0.1) is 30.6 Å². The first-order chi connectivity index (χ1) is 15.8. The number of likely N-dealkylation sites (tertiary alicyclic amines) is 1. The Hall–Kier alpha value is -2.19. The van der Waals surface area contributed by atoms with Crippen molar-refractivity contribution in [3.63, 3.8) is 0 Å². The highest BCUT2D eigenvalue weighted by Gasteiger charge is 2.75. The first-order valence-corrected chi connectivity index (χ1v) is 12.1. The number of hydrogen-bond donors (Lipinski definition) is 1. The molecule has 0 aromatic carbocycles. The van der Waals surface area contributed by atoms with Crippen molar-refractivity contribution in [1.29, 1.82) is 0 Å². The van der Waals surface area contributed by atoms with Gasteiger partial charge < -0.3 is 24.4 Å². The van der Waals surface area contributed by atoms with Gasteiger partial charge in [0.25, 0.3) is 0 Å². The van der Waals surface area contributed by atoms with Gasteiger partial charge >= 0.3 is 5.97 Å². The average molecular weight is 463 g/mol. The van der Waals surface area contributed by atoms with Crippen LogP contribution in [0.4, 0.5) is 0 Å². The van der Waals surface area contributed by atoms with Crippen LogP contribution in [0.3, 0.4) is 0 Å². The van der Waals surface area contributed by atoms with Crippen LogP contribution in [-0.4, -0.2) is 82.8 Å². The molecule has 3 aliphatic heterocycles. The molecule has 33 heavy (non-hydrogen) atoms. The molecule has 3 saturated heterocycles. The predicted molar refractivity (Wildman–Crippen MR) is 123 cm³/mol.